The highest BCUT2D eigenvalue weighted by Gasteiger charge is 2.19. The van der Waals surface area contributed by atoms with E-state index in [2.05, 4.69) is 69.7 Å². The van der Waals surface area contributed by atoms with Crippen molar-refractivity contribution < 1.29 is 0 Å². The van der Waals surface area contributed by atoms with E-state index in [1.54, 1.807) is 5.19 Å². The molecular formula is C11H16Br2Si. The molecule has 0 fully saturated rings. The lowest BCUT2D eigenvalue weighted by Crippen LogP contribution is -2.40. The average molecular weight is 336 g/mol. The van der Waals surface area contributed by atoms with Crippen molar-refractivity contribution in [1.29, 1.82) is 0 Å². The molecule has 0 bridgehead atoms. The minimum absolute atomic E-state index is 0.951. The predicted molar refractivity (Wildman–Crippen MR) is 74.7 cm³/mol. The van der Waals surface area contributed by atoms with Crippen LogP contribution in [-0.4, -0.2) is 8.07 Å². The van der Waals surface area contributed by atoms with Gasteiger partial charge < -0.3 is 0 Å². The van der Waals surface area contributed by atoms with E-state index < -0.39 is 8.07 Å². The summed E-state index contributed by atoms with van der Waals surface area (Å²) in [6, 6.07) is 6.81. The monoisotopic (exact) mass is 334 g/mol. The molecular weight excluding hydrogens is 320 g/mol. The van der Waals surface area contributed by atoms with Gasteiger partial charge in [-0.3, -0.25) is 0 Å². The van der Waals surface area contributed by atoms with E-state index in [0.29, 0.717) is 0 Å². The van der Waals surface area contributed by atoms with Crippen molar-refractivity contribution in [3.05, 3.63) is 29.3 Å². The fourth-order valence-electron chi connectivity index (χ4n) is 1.52. The molecule has 0 N–H and O–H groups in total. The third kappa shape index (κ3) is 2.94. The normalized spacial score (nSPS) is 11.8. The maximum absolute atomic E-state index is 3.56. The van der Waals surface area contributed by atoms with Gasteiger partial charge in [-0.1, -0.05) is 74.9 Å². The Balaban J connectivity index is 3.22. The lowest BCUT2D eigenvalue weighted by atomic mass is 10.2. The molecule has 0 aromatic heterocycles. The van der Waals surface area contributed by atoms with Crippen molar-refractivity contribution in [1.82, 2.24) is 0 Å². The van der Waals surface area contributed by atoms with E-state index in [1.807, 2.05) is 0 Å². The van der Waals surface area contributed by atoms with Crippen LogP contribution in [0, 0.1) is 0 Å². The van der Waals surface area contributed by atoms with Gasteiger partial charge in [0, 0.05) is 10.7 Å². The summed E-state index contributed by atoms with van der Waals surface area (Å²) in [7, 11) is -1.20. The van der Waals surface area contributed by atoms with Crippen molar-refractivity contribution >= 4 is 45.1 Å². The molecule has 0 saturated heterocycles. The van der Waals surface area contributed by atoms with Gasteiger partial charge in [-0.15, -0.1) is 0 Å². The largest absolute Gasteiger partial charge is 0.0876 e. The first-order valence-electron chi connectivity index (χ1n) is 4.73. The van der Waals surface area contributed by atoms with Crippen LogP contribution in [0.25, 0.3) is 0 Å². The summed E-state index contributed by atoms with van der Waals surface area (Å²) < 4.78 is 0. The van der Waals surface area contributed by atoms with E-state index in [-0.39, 0.29) is 0 Å². The predicted octanol–water partition coefficient (Wildman–Crippen LogP) is 4.02. The van der Waals surface area contributed by atoms with Gasteiger partial charge in [0.25, 0.3) is 0 Å². The minimum Gasteiger partial charge on any atom is -0.0876 e. The van der Waals surface area contributed by atoms with E-state index in [9.17, 15) is 0 Å². The Bertz CT molecular complexity index is 316. The molecule has 1 aromatic carbocycles. The van der Waals surface area contributed by atoms with Crippen LogP contribution in [-0.2, 0) is 10.7 Å². The van der Waals surface area contributed by atoms with Gasteiger partial charge in [0.1, 0.15) is 0 Å². The first-order chi connectivity index (χ1) is 6.49. The fourth-order valence-corrected chi connectivity index (χ4v) is 4.37. The van der Waals surface area contributed by atoms with E-state index in [4.69, 9.17) is 0 Å². The van der Waals surface area contributed by atoms with Crippen LogP contribution in [0.3, 0.4) is 0 Å². The molecule has 0 saturated carbocycles. The van der Waals surface area contributed by atoms with Gasteiger partial charge in [-0.05, 0) is 11.1 Å². The Kier molecular flexibility index (Phi) is 4.41. The van der Waals surface area contributed by atoms with Crippen LogP contribution in [0.2, 0.25) is 19.6 Å². The zero-order chi connectivity index (χ0) is 10.8. The third-order valence-corrected chi connectivity index (χ3v) is 5.61. The lowest BCUT2D eigenvalue weighted by molar-refractivity contribution is 1.38. The maximum Gasteiger partial charge on any atom is 0.0780 e. The highest BCUT2D eigenvalue weighted by Crippen LogP contribution is 2.14. The van der Waals surface area contributed by atoms with Gasteiger partial charge in [-0.25, -0.2) is 0 Å². The summed E-state index contributed by atoms with van der Waals surface area (Å²) in [4.78, 5) is 0. The Morgan fingerprint density at radius 1 is 1.07 bits per heavy atom. The quantitative estimate of drug-likeness (QED) is 0.578. The number of halogens is 2. The van der Waals surface area contributed by atoms with Gasteiger partial charge in [-0.2, -0.15) is 0 Å². The molecule has 0 nitrogen and oxygen atoms in total. The first-order valence-corrected chi connectivity index (χ1v) is 10.5. The Hall–Kier alpha value is 0.397. The molecule has 0 atom stereocenters. The van der Waals surface area contributed by atoms with Crippen LogP contribution in [0.4, 0.5) is 0 Å². The summed E-state index contributed by atoms with van der Waals surface area (Å²) in [6.07, 6.45) is 0. The molecule has 1 aromatic rings. The Morgan fingerprint density at radius 3 is 2.14 bits per heavy atom. The SMILES string of the molecule is C[Si](C)(C)c1cc(CBr)ccc1CBr. The maximum atomic E-state index is 3.56. The van der Waals surface area contributed by atoms with Gasteiger partial charge in [0.05, 0.1) is 8.07 Å². The Labute approximate surface area is 104 Å². The lowest BCUT2D eigenvalue weighted by Gasteiger charge is -2.21. The molecule has 0 aliphatic carbocycles. The summed E-state index contributed by atoms with van der Waals surface area (Å²) in [5, 5.41) is 3.49. The molecule has 0 aliphatic rings. The second kappa shape index (κ2) is 4.95. The van der Waals surface area contributed by atoms with Crippen LogP contribution < -0.4 is 5.19 Å². The summed E-state index contributed by atoms with van der Waals surface area (Å²) in [5.41, 5.74) is 2.83. The highest BCUT2D eigenvalue weighted by molar-refractivity contribution is 9.08. The van der Waals surface area contributed by atoms with Crippen molar-refractivity contribution in [3.63, 3.8) is 0 Å². The molecule has 0 heterocycles. The van der Waals surface area contributed by atoms with Crippen molar-refractivity contribution in [2.24, 2.45) is 0 Å². The topological polar surface area (TPSA) is 0 Å². The minimum atomic E-state index is -1.20. The Morgan fingerprint density at radius 2 is 1.71 bits per heavy atom. The van der Waals surface area contributed by atoms with Crippen LogP contribution in [0.15, 0.2) is 18.2 Å². The number of rotatable bonds is 3. The molecule has 0 radical (unpaired) electrons. The summed E-state index contributed by atoms with van der Waals surface area (Å²) >= 11 is 7.07. The molecule has 0 spiro atoms. The van der Waals surface area contributed by atoms with E-state index >= 15 is 0 Å². The molecule has 14 heavy (non-hydrogen) atoms. The average Bonchev–Trinajstić information content (AvgIpc) is 2.15. The number of hydrogen-bond donors (Lipinski definition) is 0. The number of hydrogen-bond acceptors (Lipinski definition) is 0. The van der Waals surface area contributed by atoms with Gasteiger partial charge >= 0.3 is 0 Å². The standard InChI is InChI=1S/C11H16Br2Si/c1-14(2,3)11-6-9(7-12)4-5-10(11)8-13/h4-6H,7-8H2,1-3H3. The number of alkyl halides is 2. The second-order valence-electron chi connectivity index (χ2n) is 4.51. The van der Waals surface area contributed by atoms with Crippen molar-refractivity contribution in [2.45, 2.75) is 30.3 Å². The molecule has 0 unspecified atom stereocenters. The summed E-state index contributed by atoms with van der Waals surface area (Å²) in [5.74, 6) is 0. The molecule has 0 amide bonds. The first kappa shape index (κ1) is 12.5. The molecule has 78 valence electrons. The number of benzene rings is 1. The third-order valence-electron chi connectivity index (χ3n) is 2.28. The molecule has 3 heteroatoms. The highest BCUT2D eigenvalue weighted by atomic mass is 79.9. The molecule has 0 aliphatic heterocycles. The van der Waals surface area contributed by atoms with Crippen LogP contribution in [0.5, 0.6) is 0 Å². The fraction of sp³-hybridized carbons (Fsp3) is 0.455. The molecule has 1 rings (SSSR count). The van der Waals surface area contributed by atoms with Crippen molar-refractivity contribution in [3.8, 4) is 0 Å². The van der Waals surface area contributed by atoms with Gasteiger partial charge in [0.2, 0.25) is 0 Å². The van der Waals surface area contributed by atoms with Crippen LogP contribution in [0.1, 0.15) is 11.1 Å². The zero-order valence-electron chi connectivity index (χ0n) is 8.90. The smallest absolute Gasteiger partial charge is 0.0780 e. The summed E-state index contributed by atoms with van der Waals surface area (Å²) in [6.45, 7) is 7.19. The van der Waals surface area contributed by atoms with Crippen LogP contribution >= 0.6 is 31.9 Å². The van der Waals surface area contributed by atoms with Gasteiger partial charge in [0.15, 0.2) is 0 Å². The van der Waals surface area contributed by atoms with E-state index in [1.165, 1.54) is 11.1 Å². The van der Waals surface area contributed by atoms with Crippen molar-refractivity contribution in [2.75, 3.05) is 0 Å². The second-order valence-corrected chi connectivity index (χ2v) is 10.7. The van der Waals surface area contributed by atoms with E-state index in [0.717, 1.165) is 10.7 Å². The zero-order valence-corrected chi connectivity index (χ0v) is 13.1.